The fraction of sp³-hybridized carbons (Fsp3) is 0.500. The van der Waals surface area contributed by atoms with Crippen LogP contribution in [0.2, 0.25) is 0 Å². The molecular formula is C26H36F3N3O2S. The van der Waals surface area contributed by atoms with Crippen LogP contribution in [0.3, 0.4) is 0 Å². The van der Waals surface area contributed by atoms with Crippen LogP contribution in [0.15, 0.2) is 59.5 Å². The SMILES string of the molecule is CN1CCN(c2ccc(C(N)=O)c(S(C)=O)c2)CC1.FC(F)(F)C1CCCCC1.c1ccccc1. The highest BCUT2D eigenvalue weighted by molar-refractivity contribution is 7.84. The Hall–Kier alpha value is -2.39. The third-order valence-corrected chi connectivity index (χ3v) is 7.10. The van der Waals surface area contributed by atoms with E-state index < -0.39 is 28.8 Å². The zero-order chi connectivity index (χ0) is 25.8. The second-order valence-corrected chi connectivity index (χ2v) is 10.2. The summed E-state index contributed by atoms with van der Waals surface area (Å²) in [4.78, 5) is 16.4. The average Bonchev–Trinajstić information content (AvgIpc) is 2.86. The first-order valence-electron chi connectivity index (χ1n) is 11.9. The first-order chi connectivity index (χ1) is 16.6. The number of anilines is 1. The molecule has 9 heteroatoms. The van der Waals surface area contributed by atoms with Gasteiger partial charge in [0.25, 0.3) is 0 Å². The molecule has 2 N–H and O–H groups in total. The van der Waals surface area contributed by atoms with E-state index in [1.807, 2.05) is 48.5 Å². The summed E-state index contributed by atoms with van der Waals surface area (Å²) < 4.78 is 47.6. The van der Waals surface area contributed by atoms with Gasteiger partial charge in [0.1, 0.15) is 0 Å². The maximum Gasteiger partial charge on any atom is 0.391 e. The molecule has 1 amide bonds. The van der Waals surface area contributed by atoms with Crippen molar-refractivity contribution >= 4 is 22.4 Å². The van der Waals surface area contributed by atoms with Crippen molar-refractivity contribution < 1.29 is 22.2 Å². The number of hydrogen-bond donors (Lipinski definition) is 1. The predicted molar refractivity (Wildman–Crippen MR) is 136 cm³/mol. The van der Waals surface area contributed by atoms with E-state index in [1.54, 1.807) is 12.3 Å². The molecule has 2 fully saturated rings. The van der Waals surface area contributed by atoms with E-state index in [0.717, 1.165) is 51.1 Å². The fourth-order valence-electron chi connectivity index (χ4n) is 4.03. The van der Waals surface area contributed by atoms with Crippen molar-refractivity contribution in [2.45, 2.75) is 43.2 Å². The number of amides is 1. The Morgan fingerprint density at radius 3 is 1.86 bits per heavy atom. The van der Waals surface area contributed by atoms with Gasteiger partial charge in [-0.15, -0.1) is 0 Å². The van der Waals surface area contributed by atoms with Gasteiger partial charge in [0, 0.05) is 38.1 Å². The number of rotatable bonds is 3. The lowest BCUT2D eigenvalue weighted by molar-refractivity contribution is -0.181. The molecule has 0 spiro atoms. The lowest BCUT2D eigenvalue weighted by atomic mass is 9.89. The molecule has 0 radical (unpaired) electrons. The number of primary amides is 1. The van der Waals surface area contributed by atoms with E-state index in [0.29, 0.717) is 23.3 Å². The molecule has 2 aromatic rings. The van der Waals surface area contributed by atoms with Crippen molar-refractivity contribution in [2.24, 2.45) is 11.7 Å². The van der Waals surface area contributed by atoms with Gasteiger partial charge in [-0.2, -0.15) is 13.2 Å². The van der Waals surface area contributed by atoms with Crippen molar-refractivity contribution in [1.29, 1.82) is 0 Å². The van der Waals surface area contributed by atoms with Gasteiger partial charge in [-0.1, -0.05) is 55.7 Å². The normalized spacial score (nSPS) is 17.9. The summed E-state index contributed by atoms with van der Waals surface area (Å²) in [6.07, 6.45) is 0.823. The third kappa shape index (κ3) is 10.0. The summed E-state index contributed by atoms with van der Waals surface area (Å²) in [6.45, 7) is 3.87. The van der Waals surface area contributed by atoms with Crippen LogP contribution in [0.4, 0.5) is 18.9 Å². The molecule has 5 nitrogen and oxygen atoms in total. The van der Waals surface area contributed by atoms with E-state index in [-0.39, 0.29) is 0 Å². The molecule has 1 atom stereocenters. The standard InChI is InChI=1S/C13H19N3O2S.C7H11F3.C6H6/c1-15-5-7-16(8-6-15)10-3-4-11(13(14)17)12(9-10)19(2)18;8-7(9,10)6-4-2-1-3-5-6;1-2-4-6-5-3-1/h3-4,9H,5-8H2,1-2H3,(H2,14,17);6H,1-5H2;1-6H. The molecule has 0 bridgehead atoms. The Bertz CT molecular complexity index is 900. The summed E-state index contributed by atoms with van der Waals surface area (Å²) in [5, 5.41) is 0. The molecule has 1 unspecified atom stereocenters. The molecule has 1 aliphatic heterocycles. The lowest BCUT2D eigenvalue weighted by Crippen LogP contribution is -2.44. The summed E-state index contributed by atoms with van der Waals surface area (Å²) in [6, 6.07) is 17.4. The maximum absolute atomic E-state index is 11.9. The molecule has 2 aliphatic rings. The zero-order valence-corrected chi connectivity index (χ0v) is 21.3. The Kier molecular flexibility index (Phi) is 11.7. The average molecular weight is 512 g/mol. The van der Waals surface area contributed by atoms with Crippen LogP contribution in [0.25, 0.3) is 0 Å². The van der Waals surface area contributed by atoms with Crippen LogP contribution in [0.5, 0.6) is 0 Å². The van der Waals surface area contributed by atoms with Gasteiger partial charge in [-0.3, -0.25) is 9.00 Å². The highest BCUT2D eigenvalue weighted by Gasteiger charge is 2.39. The summed E-state index contributed by atoms with van der Waals surface area (Å²) in [7, 11) is 0.877. The van der Waals surface area contributed by atoms with Crippen molar-refractivity contribution in [3.05, 3.63) is 60.2 Å². The van der Waals surface area contributed by atoms with Crippen LogP contribution >= 0.6 is 0 Å². The second kappa shape index (κ2) is 14.2. The molecule has 1 heterocycles. The monoisotopic (exact) mass is 511 g/mol. The summed E-state index contributed by atoms with van der Waals surface area (Å²) >= 11 is 0. The van der Waals surface area contributed by atoms with E-state index in [4.69, 9.17) is 5.73 Å². The number of halogens is 3. The van der Waals surface area contributed by atoms with E-state index in [1.165, 1.54) is 0 Å². The number of hydrogen-bond acceptors (Lipinski definition) is 4. The van der Waals surface area contributed by atoms with E-state index in [2.05, 4.69) is 16.8 Å². The van der Waals surface area contributed by atoms with Gasteiger partial charge in [0.2, 0.25) is 5.91 Å². The summed E-state index contributed by atoms with van der Waals surface area (Å²) in [5.74, 6) is -1.53. The molecule has 1 aliphatic carbocycles. The number of likely N-dealkylation sites (N-methyl/N-ethyl adjacent to an activating group) is 1. The van der Waals surface area contributed by atoms with Crippen molar-refractivity contribution in [2.75, 3.05) is 44.4 Å². The summed E-state index contributed by atoms with van der Waals surface area (Å²) in [5.41, 5.74) is 6.65. The lowest BCUT2D eigenvalue weighted by Gasteiger charge is -2.34. The quantitative estimate of drug-likeness (QED) is 0.623. The van der Waals surface area contributed by atoms with Gasteiger partial charge in [0.15, 0.2) is 0 Å². The molecule has 194 valence electrons. The minimum Gasteiger partial charge on any atom is -0.369 e. The van der Waals surface area contributed by atoms with Gasteiger partial charge in [0.05, 0.1) is 27.2 Å². The molecule has 1 saturated heterocycles. The smallest absolute Gasteiger partial charge is 0.369 e. The van der Waals surface area contributed by atoms with Crippen LogP contribution in [-0.2, 0) is 10.8 Å². The van der Waals surface area contributed by atoms with Gasteiger partial charge in [-0.25, -0.2) is 0 Å². The number of nitrogens with two attached hydrogens (primary N) is 1. The first kappa shape index (κ1) is 28.8. The molecule has 2 aromatic carbocycles. The number of carbonyl (C=O) groups is 1. The molecule has 35 heavy (non-hydrogen) atoms. The minimum absolute atomic E-state index is 0.346. The highest BCUT2D eigenvalue weighted by atomic mass is 32.2. The Labute approximate surface area is 208 Å². The Morgan fingerprint density at radius 1 is 0.943 bits per heavy atom. The fourth-order valence-corrected chi connectivity index (χ4v) is 4.79. The van der Waals surface area contributed by atoms with E-state index >= 15 is 0 Å². The molecule has 0 aromatic heterocycles. The largest absolute Gasteiger partial charge is 0.391 e. The third-order valence-electron chi connectivity index (χ3n) is 6.14. The van der Waals surface area contributed by atoms with Crippen LogP contribution in [-0.4, -0.2) is 60.7 Å². The number of nitrogens with zero attached hydrogens (tertiary/aromatic N) is 2. The Balaban J connectivity index is 0.000000223. The van der Waals surface area contributed by atoms with Crippen LogP contribution < -0.4 is 10.6 Å². The zero-order valence-electron chi connectivity index (χ0n) is 20.5. The van der Waals surface area contributed by atoms with Gasteiger partial charge >= 0.3 is 6.18 Å². The van der Waals surface area contributed by atoms with Crippen LogP contribution in [0.1, 0.15) is 42.5 Å². The van der Waals surface area contributed by atoms with Crippen molar-refractivity contribution in [1.82, 2.24) is 4.90 Å². The van der Waals surface area contributed by atoms with Gasteiger partial charge in [-0.05, 0) is 38.1 Å². The molecular weight excluding hydrogens is 475 g/mol. The highest BCUT2D eigenvalue weighted by Crippen LogP contribution is 2.37. The predicted octanol–water partition coefficient (Wildman–Crippen LogP) is 5.09. The van der Waals surface area contributed by atoms with Crippen LogP contribution in [0, 0.1) is 5.92 Å². The Morgan fingerprint density at radius 2 is 1.46 bits per heavy atom. The second-order valence-electron chi connectivity index (χ2n) is 8.82. The minimum atomic E-state index is -3.93. The molecule has 4 rings (SSSR count). The number of piperazine rings is 1. The topological polar surface area (TPSA) is 66.6 Å². The number of alkyl halides is 3. The molecule has 1 saturated carbocycles. The maximum atomic E-state index is 11.9. The van der Waals surface area contributed by atoms with Crippen molar-refractivity contribution in [3.8, 4) is 0 Å². The first-order valence-corrected chi connectivity index (χ1v) is 13.4. The van der Waals surface area contributed by atoms with Crippen molar-refractivity contribution in [3.63, 3.8) is 0 Å². The van der Waals surface area contributed by atoms with Gasteiger partial charge < -0.3 is 15.5 Å². The number of benzene rings is 2. The van der Waals surface area contributed by atoms with E-state index in [9.17, 15) is 22.2 Å². The number of carbonyl (C=O) groups excluding carboxylic acids is 1.